The van der Waals surface area contributed by atoms with Gasteiger partial charge in [-0.2, -0.15) is 5.26 Å². The molecule has 1 N–H and O–H groups in total. The van der Waals surface area contributed by atoms with Crippen molar-refractivity contribution in [1.29, 1.82) is 5.26 Å². The summed E-state index contributed by atoms with van der Waals surface area (Å²) in [5, 5.41) is 12.3. The SMILES string of the molecule is N#CC1=C2C=CC=CN2C(=O)N[C@@H]1c1cccc(Br)c1. The zero-order valence-corrected chi connectivity index (χ0v) is 12.0. The summed E-state index contributed by atoms with van der Waals surface area (Å²) in [5.41, 5.74) is 2.03. The molecule has 3 rings (SSSR count). The molecule has 4 nitrogen and oxygen atoms in total. The molecule has 0 aliphatic carbocycles. The van der Waals surface area contributed by atoms with E-state index in [-0.39, 0.29) is 6.03 Å². The monoisotopic (exact) mass is 327 g/mol. The summed E-state index contributed by atoms with van der Waals surface area (Å²) in [5.74, 6) is 0. The Morgan fingerprint density at radius 2 is 2.20 bits per heavy atom. The number of amides is 2. The third kappa shape index (κ3) is 2.04. The molecule has 0 aromatic heterocycles. The molecule has 1 aromatic rings. The van der Waals surface area contributed by atoms with Gasteiger partial charge < -0.3 is 5.32 Å². The number of carbonyl (C=O) groups excluding carboxylic acids is 1. The number of rotatable bonds is 1. The summed E-state index contributed by atoms with van der Waals surface area (Å²) in [6.07, 6.45) is 7.01. The smallest absolute Gasteiger partial charge is 0.326 e. The topological polar surface area (TPSA) is 56.1 Å². The summed E-state index contributed by atoms with van der Waals surface area (Å²) < 4.78 is 0.910. The summed E-state index contributed by atoms with van der Waals surface area (Å²) in [6.45, 7) is 0. The fourth-order valence-electron chi connectivity index (χ4n) is 2.31. The fraction of sp³-hybridized carbons (Fsp3) is 0.0667. The lowest BCUT2D eigenvalue weighted by Crippen LogP contribution is -2.44. The third-order valence-electron chi connectivity index (χ3n) is 3.21. The van der Waals surface area contributed by atoms with Crippen LogP contribution in [0.5, 0.6) is 0 Å². The number of hydrogen-bond donors (Lipinski definition) is 1. The van der Waals surface area contributed by atoms with Gasteiger partial charge in [0.25, 0.3) is 0 Å². The number of carbonyl (C=O) groups is 1. The van der Waals surface area contributed by atoms with Crippen LogP contribution >= 0.6 is 15.9 Å². The molecule has 0 radical (unpaired) electrons. The van der Waals surface area contributed by atoms with Crippen molar-refractivity contribution in [1.82, 2.24) is 10.2 Å². The highest BCUT2D eigenvalue weighted by molar-refractivity contribution is 9.10. The average Bonchev–Trinajstić information content (AvgIpc) is 2.47. The molecular weight excluding hydrogens is 318 g/mol. The van der Waals surface area contributed by atoms with Gasteiger partial charge in [0.2, 0.25) is 0 Å². The third-order valence-corrected chi connectivity index (χ3v) is 3.71. The quantitative estimate of drug-likeness (QED) is 0.859. The Hall–Kier alpha value is -2.32. The second kappa shape index (κ2) is 4.99. The van der Waals surface area contributed by atoms with Crippen LogP contribution in [0.1, 0.15) is 11.6 Å². The highest BCUT2D eigenvalue weighted by atomic mass is 79.9. The van der Waals surface area contributed by atoms with E-state index in [0.717, 1.165) is 10.0 Å². The van der Waals surface area contributed by atoms with Crippen molar-refractivity contribution in [2.24, 2.45) is 0 Å². The average molecular weight is 328 g/mol. The fourth-order valence-corrected chi connectivity index (χ4v) is 2.73. The van der Waals surface area contributed by atoms with Crippen LogP contribution in [0.4, 0.5) is 4.79 Å². The predicted octanol–water partition coefficient (Wildman–Crippen LogP) is 3.38. The molecule has 0 unspecified atom stereocenters. The van der Waals surface area contributed by atoms with Crippen LogP contribution in [0.2, 0.25) is 0 Å². The highest BCUT2D eigenvalue weighted by Gasteiger charge is 2.32. The largest absolute Gasteiger partial charge is 0.326 e. The molecule has 0 fully saturated rings. The Morgan fingerprint density at radius 3 is 2.95 bits per heavy atom. The highest BCUT2D eigenvalue weighted by Crippen LogP contribution is 2.32. The van der Waals surface area contributed by atoms with Crippen LogP contribution in [0, 0.1) is 11.3 Å². The van der Waals surface area contributed by atoms with E-state index in [2.05, 4.69) is 27.3 Å². The van der Waals surface area contributed by atoms with Crippen molar-refractivity contribution < 1.29 is 4.79 Å². The molecule has 0 bridgehead atoms. The van der Waals surface area contributed by atoms with E-state index in [1.54, 1.807) is 18.4 Å². The number of hydrogen-bond acceptors (Lipinski definition) is 2. The Balaban J connectivity index is 2.13. The van der Waals surface area contributed by atoms with E-state index >= 15 is 0 Å². The molecule has 5 heteroatoms. The molecule has 0 spiro atoms. The number of urea groups is 1. The number of benzene rings is 1. The van der Waals surface area contributed by atoms with Crippen molar-refractivity contribution in [3.63, 3.8) is 0 Å². The van der Waals surface area contributed by atoms with Gasteiger partial charge in [0.15, 0.2) is 0 Å². The predicted molar refractivity (Wildman–Crippen MR) is 78.2 cm³/mol. The van der Waals surface area contributed by atoms with Gasteiger partial charge in [-0.3, -0.25) is 4.90 Å². The first-order valence-corrected chi connectivity index (χ1v) is 6.84. The Morgan fingerprint density at radius 1 is 1.35 bits per heavy atom. The number of halogens is 1. The molecule has 2 heterocycles. The normalized spacial score (nSPS) is 20.5. The number of nitriles is 1. The van der Waals surface area contributed by atoms with Crippen LogP contribution in [0.25, 0.3) is 0 Å². The number of nitrogens with one attached hydrogen (secondary N) is 1. The van der Waals surface area contributed by atoms with Gasteiger partial charge in [0.05, 0.1) is 23.4 Å². The first kappa shape index (κ1) is 12.7. The summed E-state index contributed by atoms with van der Waals surface area (Å²) in [4.78, 5) is 13.6. The zero-order valence-electron chi connectivity index (χ0n) is 10.4. The van der Waals surface area contributed by atoms with Gasteiger partial charge in [0.1, 0.15) is 0 Å². The van der Waals surface area contributed by atoms with E-state index in [1.165, 1.54) is 4.90 Å². The van der Waals surface area contributed by atoms with Crippen LogP contribution in [0.3, 0.4) is 0 Å². The Labute approximate surface area is 124 Å². The maximum atomic E-state index is 12.1. The standard InChI is InChI=1S/C15H10BrN3O/c16-11-5-3-4-10(8-11)14-12(9-17)13-6-1-2-7-19(13)15(20)18-14/h1-8,14H,(H,18,20)/t14-/m1/s1. The van der Waals surface area contributed by atoms with Crippen molar-refractivity contribution in [3.05, 3.63) is 70.0 Å². The number of allylic oxidation sites excluding steroid dienone is 3. The second-order valence-electron chi connectivity index (χ2n) is 4.42. The van der Waals surface area contributed by atoms with Crippen LogP contribution in [-0.2, 0) is 0 Å². The van der Waals surface area contributed by atoms with Crippen LogP contribution < -0.4 is 5.32 Å². The lowest BCUT2D eigenvalue weighted by atomic mass is 9.95. The van der Waals surface area contributed by atoms with Gasteiger partial charge >= 0.3 is 6.03 Å². The Kier molecular flexibility index (Phi) is 3.17. The molecule has 0 saturated carbocycles. The molecule has 0 saturated heterocycles. The number of nitrogens with zero attached hydrogens (tertiary/aromatic N) is 2. The van der Waals surface area contributed by atoms with Crippen molar-refractivity contribution in [3.8, 4) is 6.07 Å². The van der Waals surface area contributed by atoms with Crippen molar-refractivity contribution in [2.45, 2.75) is 6.04 Å². The first-order chi connectivity index (χ1) is 9.70. The lowest BCUT2D eigenvalue weighted by molar-refractivity contribution is 0.217. The van der Waals surface area contributed by atoms with E-state index in [4.69, 9.17) is 0 Å². The van der Waals surface area contributed by atoms with Crippen LogP contribution in [0.15, 0.2) is 64.4 Å². The van der Waals surface area contributed by atoms with E-state index in [0.29, 0.717) is 11.3 Å². The molecule has 2 amide bonds. The number of fused-ring (bicyclic) bond motifs is 1. The first-order valence-electron chi connectivity index (χ1n) is 6.05. The molecule has 98 valence electrons. The molecule has 1 aromatic carbocycles. The zero-order chi connectivity index (χ0) is 14.1. The maximum absolute atomic E-state index is 12.1. The van der Waals surface area contributed by atoms with E-state index in [9.17, 15) is 10.1 Å². The minimum atomic E-state index is -0.424. The minimum Gasteiger partial charge on any atom is -0.326 e. The van der Waals surface area contributed by atoms with E-state index in [1.807, 2.05) is 30.3 Å². The summed E-state index contributed by atoms with van der Waals surface area (Å²) >= 11 is 3.41. The molecule has 2 aliphatic rings. The van der Waals surface area contributed by atoms with E-state index < -0.39 is 6.04 Å². The van der Waals surface area contributed by atoms with Gasteiger partial charge in [-0.1, -0.05) is 34.1 Å². The van der Waals surface area contributed by atoms with Crippen molar-refractivity contribution in [2.75, 3.05) is 0 Å². The van der Waals surface area contributed by atoms with Gasteiger partial charge in [-0.25, -0.2) is 4.79 Å². The summed E-state index contributed by atoms with van der Waals surface area (Å²) in [7, 11) is 0. The minimum absolute atomic E-state index is 0.232. The Bertz CT molecular complexity index is 712. The van der Waals surface area contributed by atoms with Crippen molar-refractivity contribution >= 4 is 22.0 Å². The van der Waals surface area contributed by atoms with Gasteiger partial charge in [-0.15, -0.1) is 0 Å². The molecule has 20 heavy (non-hydrogen) atoms. The summed E-state index contributed by atoms with van der Waals surface area (Å²) in [6, 6.07) is 9.15. The van der Waals surface area contributed by atoms with Crippen LogP contribution in [-0.4, -0.2) is 10.9 Å². The van der Waals surface area contributed by atoms with Gasteiger partial charge in [0, 0.05) is 10.7 Å². The van der Waals surface area contributed by atoms with Gasteiger partial charge in [-0.05, 0) is 29.8 Å². The second-order valence-corrected chi connectivity index (χ2v) is 5.33. The lowest BCUT2D eigenvalue weighted by Gasteiger charge is -2.33. The molecule has 1 atom stereocenters. The molecular formula is C15H10BrN3O. The maximum Gasteiger partial charge on any atom is 0.326 e. The molecule has 2 aliphatic heterocycles.